The number of nitrogens with zero attached hydrogens (tertiary/aromatic N) is 3. The molecule has 12 nitrogen and oxygen atoms in total. The summed E-state index contributed by atoms with van der Waals surface area (Å²) in [5.41, 5.74) is 1.29. The highest BCUT2D eigenvalue weighted by Crippen LogP contribution is 2.65. The molecular formula is C38H55BN4O8. The lowest BCUT2D eigenvalue weighted by atomic mass is 9.43. The van der Waals surface area contributed by atoms with Gasteiger partial charge in [-0.1, -0.05) is 19.9 Å². The summed E-state index contributed by atoms with van der Waals surface area (Å²) in [6, 6.07) is 2.83. The molecule has 0 radical (unpaired) electrons. The number of hydrogen-bond donors (Lipinski definition) is 1. The van der Waals surface area contributed by atoms with Gasteiger partial charge in [0.25, 0.3) is 0 Å². The van der Waals surface area contributed by atoms with Crippen molar-refractivity contribution in [2.45, 2.75) is 130 Å². The van der Waals surface area contributed by atoms with E-state index in [4.69, 9.17) is 23.5 Å². The zero-order valence-corrected chi connectivity index (χ0v) is 32.1. The molecular weight excluding hydrogens is 651 g/mol. The Kier molecular flexibility index (Phi) is 9.57. The van der Waals surface area contributed by atoms with Crippen LogP contribution in [0.1, 0.15) is 108 Å². The predicted octanol–water partition coefficient (Wildman–Crippen LogP) is 5.81. The van der Waals surface area contributed by atoms with Crippen molar-refractivity contribution in [3.63, 3.8) is 0 Å². The SMILES string of the molecule is Cc1c(CCB2O[C@@H]3C[C@@H]4C[C@@H](C4(C)C)[C@]3(C)O2)ccc(OC2CN(C(=O)C(NC(=O)OC(C)(C)C)c3cnn(C)c3)C2)c1C(=O)OC(C)(C)C. The first-order chi connectivity index (χ1) is 23.6. The molecule has 5 fully saturated rings. The Morgan fingerprint density at radius 2 is 1.75 bits per heavy atom. The van der Waals surface area contributed by atoms with Crippen LogP contribution in [-0.4, -0.2) is 81.9 Å². The monoisotopic (exact) mass is 706 g/mol. The maximum absolute atomic E-state index is 13.7. The van der Waals surface area contributed by atoms with Gasteiger partial charge in [-0.25, -0.2) is 9.59 Å². The zero-order valence-electron chi connectivity index (χ0n) is 32.1. The number of alkyl carbamates (subject to hydrolysis) is 1. The number of hydrogen-bond acceptors (Lipinski definition) is 9. The van der Waals surface area contributed by atoms with Crippen LogP contribution < -0.4 is 10.1 Å². The van der Waals surface area contributed by atoms with E-state index in [0.717, 1.165) is 17.5 Å². The highest BCUT2D eigenvalue weighted by atomic mass is 16.7. The molecule has 0 spiro atoms. The van der Waals surface area contributed by atoms with Gasteiger partial charge in [-0.2, -0.15) is 5.10 Å². The minimum Gasteiger partial charge on any atom is -0.486 e. The number of likely N-dealkylation sites (tertiary alicyclic amines) is 1. The van der Waals surface area contributed by atoms with Crippen LogP contribution in [0.15, 0.2) is 24.5 Å². The number of benzene rings is 1. The lowest BCUT2D eigenvalue weighted by molar-refractivity contribution is -0.199. The molecule has 2 amide bonds. The molecule has 2 aliphatic heterocycles. The quantitative estimate of drug-likeness (QED) is 0.254. The van der Waals surface area contributed by atoms with Crippen LogP contribution in [-0.2, 0) is 37.0 Å². The van der Waals surface area contributed by atoms with Crippen molar-refractivity contribution in [2.24, 2.45) is 24.3 Å². The molecule has 7 rings (SSSR count). The molecule has 2 bridgehead atoms. The first kappa shape index (κ1) is 37.2. The van der Waals surface area contributed by atoms with E-state index < -0.39 is 29.3 Å². The number of aromatic nitrogens is 2. The normalized spacial score (nSPS) is 26.1. The highest BCUT2D eigenvalue weighted by Gasteiger charge is 2.67. The van der Waals surface area contributed by atoms with Crippen molar-refractivity contribution >= 4 is 25.1 Å². The maximum Gasteiger partial charge on any atom is 0.457 e. The second-order valence-corrected chi connectivity index (χ2v) is 17.7. The van der Waals surface area contributed by atoms with E-state index in [-0.39, 0.29) is 49.3 Å². The van der Waals surface area contributed by atoms with Gasteiger partial charge < -0.3 is 33.7 Å². The van der Waals surface area contributed by atoms with Crippen LogP contribution in [0.2, 0.25) is 6.32 Å². The second-order valence-electron chi connectivity index (χ2n) is 17.7. The number of nitrogens with one attached hydrogen (secondary N) is 1. The van der Waals surface area contributed by atoms with E-state index in [9.17, 15) is 14.4 Å². The van der Waals surface area contributed by atoms with Gasteiger partial charge in [0.1, 0.15) is 34.7 Å². The van der Waals surface area contributed by atoms with E-state index in [0.29, 0.717) is 41.5 Å². The summed E-state index contributed by atoms with van der Waals surface area (Å²) in [4.78, 5) is 41.6. The largest absolute Gasteiger partial charge is 0.486 e. The van der Waals surface area contributed by atoms with E-state index in [1.807, 2.05) is 39.8 Å². The van der Waals surface area contributed by atoms with Crippen molar-refractivity contribution in [3.8, 4) is 5.75 Å². The third kappa shape index (κ3) is 7.51. The Hall–Kier alpha value is -3.58. The Bertz CT molecular complexity index is 1670. The summed E-state index contributed by atoms with van der Waals surface area (Å²) in [5, 5.41) is 6.89. The minimum absolute atomic E-state index is 0.120. The number of esters is 1. The predicted molar refractivity (Wildman–Crippen MR) is 191 cm³/mol. The van der Waals surface area contributed by atoms with Crippen molar-refractivity contribution < 1.29 is 37.9 Å². The van der Waals surface area contributed by atoms with Crippen molar-refractivity contribution in [1.29, 1.82) is 0 Å². The third-order valence-corrected chi connectivity index (χ3v) is 11.2. The summed E-state index contributed by atoms with van der Waals surface area (Å²) in [7, 11) is 1.45. The average Bonchev–Trinajstić information content (AvgIpc) is 3.56. The summed E-state index contributed by atoms with van der Waals surface area (Å²) < 4.78 is 32.4. The lowest BCUT2D eigenvalue weighted by Gasteiger charge is -2.64. The van der Waals surface area contributed by atoms with Gasteiger partial charge in [-0.05, 0) is 115 Å². The van der Waals surface area contributed by atoms with Gasteiger partial charge in [0.2, 0.25) is 5.91 Å². The molecule has 51 heavy (non-hydrogen) atoms. The summed E-state index contributed by atoms with van der Waals surface area (Å²) in [5.74, 6) is 0.823. The van der Waals surface area contributed by atoms with Crippen molar-refractivity contribution in [2.75, 3.05) is 13.1 Å². The summed E-state index contributed by atoms with van der Waals surface area (Å²) >= 11 is 0. The molecule has 2 saturated heterocycles. The molecule has 1 unspecified atom stereocenters. The van der Waals surface area contributed by atoms with Crippen molar-refractivity contribution in [3.05, 3.63) is 46.8 Å². The molecule has 5 atom stereocenters. The molecule has 13 heteroatoms. The second kappa shape index (κ2) is 13.1. The average molecular weight is 707 g/mol. The number of aryl methyl sites for hydroxylation is 2. The molecule has 278 valence electrons. The van der Waals surface area contributed by atoms with Crippen LogP contribution in [0.5, 0.6) is 5.75 Å². The van der Waals surface area contributed by atoms with E-state index in [2.05, 4.69) is 31.2 Å². The van der Waals surface area contributed by atoms with Gasteiger partial charge in [0.15, 0.2) is 0 Å². The Labute approximate surface area is 302 Å². The van der Waals surface area contributed by atoms with Gasteiger partial charge in [-0.15, -0.1) is 0 Å². The standard InChI is InChI=1S/C38H55BN4O8/c1-22-23(14-15-39-50-29-17-25-16-28(37(25,8)9)38(29,10)51-39)12-13-27(30(22)33(45)48-35(2,3)4)47-26-20-43(21-26)32(44)31(24-18-40-42(11)19-24)41-34(46)49-36(5,6)7/h12-13,18-19,25-26,28-29,31H,14-17,20-21H2,1-11H3,(H,41,46)/t25-,28-,29+,31?,38-/m0/s1. The number of amides is 2. The zero-order chi connectivity index (χ0) is 37.3. The minimum atomic E-state index is -0.982. The maximum atomic E-state index is 13.7. The van der Waals surface area contributed by atoms with E-state index in [1.54, 1.807) is 49.8 Å². The summed E-state index contributed by atoms with van der Waals surface area (Å²) in [6.07, 6.45) is 5.88. The Morgan fingerprint density at radius 1 is 1.06 bits per heavy atom. The molecule has 1 N–H and O–H groups in total. The fourth-order valence-corrected chi connectivity index (χ4v) is 8.39. The fraction of sp³-hybridized carbons (Fsp3) is 0.684. The highest BCUT2D eigenvalue weighted by molar-refractivity contribution is 6.45. The first-order valence-corrected chi connectivity index (χ1v) is 18.3. The Morgan fingerprint density at radius 3 is 2.35 bits per heavy atom. The van der Waals surface area contributed by atoms with Crippen molar-refractivity contribution in [1.82, 2.24) is 20.0 Å². The molecule has 3 aliphatic carbocycles. The fourth-order valence-electron chi connectivity index (χ4n) is 8.39. The van der Waals surface area contributed by atoms with E-state index in [1.165, 1.54) is 6.42 Å². The molecule has 5 aliphatic rings. The van der Waals surface area contributed by atoms with Crippen LogP contribution >= 0.6 is 0 Å². The Balaban J connectivity index is 1.13. The van der Waals surface area contributed by atoms with E-state index >= 15 is 0 Å². The van der Waals surface area contributed by atoms with Gasteiger partial charge in [0, 0.05) is 18.8 Å². The topological polar surface area (TPSA) is 130 Å². The number of ether oxygens (including phenoxy) is 3. The number of carbonyl (C=O) groups is 3. The third-order valence-electron chi connectivity index (χ3n) is 11.2. The summed E-state index contributed by atoms with van der Waals surface area (Å²) in [6.45, 7) is 20.2. The molecule has 2 aromatic rings. The molecule has 1 aromatic carbocycles. The molecule has 3 saturated carbocycles. The van der Waals surface area contributed by atoms with Gasteiger partial charge in [-0.3, -0.25) is 9.48 Å². The van der Waals surface area contributed by atoms with Crippen LogP contribution in [0.25, 0.3) is 0 Å². The van der Waals surface area contributed by atoms with Gasteiger partial charge >= 0.3 is 19.2 Å². The lowest BCUT2D eigenvalue weighted by Crippen LogP contribution is -2.65. The molecule has 3 heterocycles. The van der Waals surface area contributed by atoms with Crippen LogP contribution in [0.3, 0.4) is 0 Å². The smallest absolute Gasteiger partial charge is 0.457 e. The number of carbonyl (C=O) groups excluding carboxylic acids is 3. The van der Waals surface area contributed by atoms with Crippen LogP contribution in [0, 0.1) is 24.2 Å². The number of rotatable bonds is 9. The van der Waals surface area contributed by atoms with Crippen LogP contribution in [0.4, 0.5) is 4.79 Å². The van der Waals surface area contributed by atoms with Gasteiger partial charge in [0.05, 0.1) is 31.0 Å². The molecule has 1 aromatic heterocycles. The first-order valence-electron chi connectivity index (χ1n) is 18.3.